The second kappa shape index (κ2) is 4.83. The Morgan fingerprint density at radius 2 is 1.79 bits per heavy atom. The van der Waals surface area contributed by atoms with E-state index in [4.69, 9.17) is 23.2 Å². The highest BCUT2D eigenvalue weighted by Gasteiger charge is 2.10. The average Bonchev–Trinajstić information content (AvgIpc) is 2.02. The summed E-state index contributed by atoms with van der Waals surface area (Å²) in [6, 6.07) is 5.61. The van der Waals surface area contributed by atoms with Crippen LogP contribution in [0, 0.1) is 0 Å². The number of halogens is 2. The standard InChI is InChI=1S/C11H13Cl2N/c1-7(2)11(14-3)8-4-9(12)6-10(13)5-8/h4-6,11,14H,1H2,2-3H3. The van der Waals surface area contributed by atoms with Gasteiger partial charge in [-0.2, -0.15) is 0 Å². The SMILES string of the molecule is C=C(C)C(NC)c1cc(Cl)cc(Cl)c1. The Morgan fingerprint density at radius 1 is 1.29 bits per heavy atom. The van der Waals surface area contributed by atoms with E-state index in [0.717, 1.165) is 11.1 Å². The van der Waals surface area contributed by atoms with Gasteiger partial charge in [0, 0.05) is 10.0 Å². The lowest BCUT2D eigenvalue weighted by Crippen LogP contribution is -2.16. The second-order valence-corrected chi connectivity index (χ2v) is 4.14. The molecule has 14 heavy (non-hydrogen) atoms. The van der Waals surface area contributed by atoms with Crippen LogP contribution in [-0.2, 0) is 0 Å². The molecule has 0 aliphatic carbocycles. The first-order valence-corrected chi connectivity index (χ1v) is 5.09. The number of hydrogen-bond acceptors (Lipinski definition) is 1. The molecule has 1 rings (SSSR count). The van der Waals surface area contributed by atoms with Gasteiger partial charge in [0.05, 0.1) is 6.04 Å². The lowest BCUT2D eigenvalue weighted by Gasteiger charge is -2.17. The first kappa shape index (κ1) is 11.6. The Morgan fingerprint density at radius 3 is 2.14 bits per heavy atom. The first-order valence-electron chi connectivity index (χ1n) is 4.33. The van der Waals surface area contributed by atoms with Gasteiger partial charge in [0.1, 0.15) is 0 Å². The zero-order valence-electron chi connectivity index (χ0n) is 8.27. The highest BCUT2D eigenvalue weighted by Crippen LogP contribution is 2.26. The van der Waals surface area contributed by atoms with Crippen molar-refractivity contribution in [2.75, 3.05) is 7.05 Å². The zero-order chi connectivity index (χ0) is 10.7. The lowest BCUT2D eigenvalue weighted by molar-refractivity contribution is 0.680. The zero-order valence-corrected chi connectivity index (χ0v) is 9.78. The predicted molar refractivity (Wildman–Crippen MR) is 63.1 cm³/mol. The van der Waals surface area contributed by atoms with Crippen LogP contribution in [0.5, 0.6) is 0 Å². The Bertz CT molecular complexity index is 327. The van der Waals surface area contributed by atoms with Crippen molar-refractivity contribution < 1.29 is 0 Å². The van der Waals surface area contributed by atoms with Crippen LogP contribution in [0.15, 0.2) is 30.4 Å². The maximum absolute atomic E-state index is 5.91. The summed E-state index contributed by atoms with van der Waals surface area (Å²) < 4.78 is 0. The van der Waals surface area contributed by atoms with Gasteiger partial charge in [-0.1, -0.05) is 35.4 Å². The number of rotatable bonds is 3. The van der Waals surface area contributed by atoms with E-state index < -0.39 is 0 Å². The molecule has 0 radical (unpaired) electrons. The smallest absolute Gasteiger partial charge is 0.0529 e. The Hall–Kier alpha value is -0.500. The topological polar surface area (TPSA) is 12.0 Å². The van der Waals surface area contributed by atoms with Crippen molar-refractivity contribution in [3.8, 4) is 0 Å². The Labute approximate surface area is 94.7 Å². The summed E-state index contributed by atoms with van der Waals surface area (Å²) in [5.74, 6) is 0. The minimum Gasteiger partial charge on any atom is -0.310 e. The van der Waals surface area contributed by atoms with Crippen LogP contribution in [0.25, 0.3) is 0 Å². The van der Waals surface area contributed by atoms with Crippen LogP contribution in [0.2, 0.25) is 10.0 Å². The molecule has 0 saturated carbocycles. The van der Waals surface area contributed by atoms with Crippen LogP contribution >= 0.6 is 23.2 Å². The lowest BCUT2D eigenvalue weighted by atomic mass is 10.0. The van der Waals surface area contributed by atoms with E-state index in [1.54, 1.807) is 6.07 Å². The summed E-state index contributed by atoms with van der Waals surface area (Å²) in [6.07, 6.45) is 0. The molecule has 0 bridgehead atoms. The van der Waals surface area contributed by atoms with Gasteiger partial charge in [0.2, 0.25) is 0 Å². The van der Waals surface area contributed by atoms with Crippen molar-refractivity contribution in [2.24, 2.45) is 0 Å². The van der Waals surface area contributed by atoms with Crippen LogP contribution < -0.4 is 5.32 Å². The molecule has 0 aliphatic rings. The summed E-state index contributed by atoms with van der Waals surface area (Å²) >= 11 is 11.8. The van der Waals surface area contributed by atoms with Crippen molar-refractivity contribution in [2.45, 2.75) is 13.0 Å². The summed E-state index contributed by atoms with van der Waals surface area (Å²) in [5, 5.41) is 4.45. The molecule has 1 aromatic carbocycles. The van der Waals surface area contributed by atoms with Gasteiger partial charge < -0.3 is 5.32 Å². The molecule has 3 heteroatoms. The largest absolute Gasteiger partial charge is 0.310 e. The van der Waals surface area contributed by atoms with E-state index in [2.05, 4.69) is 11.9 Å². The first-order chi connectivity index (χ1) is 6.54. The molecule has 1 atom stereocenters. The fourth-order valence-corrected chi connectivity index (χ4v) is 1.98. The molecule has 0 heterocycles. The molecule has 0 amide bonds. The summed E-state index contributed by atoms with van der Waals surface area (Å²) in [4.78, 5) is 0. The predicted octanol–water partition coefficient (Wildman–Crippen LogP) is 3.83. The molecule has 0 aromatic heterocycles. The molecule has 1 nitrogen and oxygen atoms in total. The second-order valence-electron chi connectivity index (χ2n) is 3.27. The van der Waals surface area contributed by atoms with Gasteiger partial charge in [-0.05, 0) is 37.7 Å². The van der Waals surface area contributed by atoms with Gasteiger partial charge in [-0.15, -0.1) is 0 Å². The molecule has 1 aromatic rings. The van der Waals surface area contributed by atoms with E-state index in [-0.39, 0.29) is 6.04 Å². The van der Waals surface area contributed by atoms with Crippen LogP contribution in [0.1, 0.15) is 18.5 Å². The van der Waals surface area contributed by atoms with Gasteiger partial charge in [0.15, 0.2) is 0 Å². The quantitative estimate of drug-likeness (QED) is 0.778. The maximum Gasteiger partial charge on any atom is 0.0529 e. The third-order valence-corrected chi connectivity index (χ3v) is 2.44. The van der Waals surface area contributed by atoms with Crippen molar-refractivity contribution >= 4 is 23.2 Å². The average molecular weight is 230 g/mol. The van der Waals surface area contributed by atoms with Crippen LogP contribution in [0.3, 0.4) is 0 Å². The molecule has 1 unspecified atom stereocenters. The molecule has 0 aliphatic heterocycles. The van der Waals surface area contributed by atoms with Gasteiger partial charge >= 0.3 is 0 Å². The number of benzene rings is 1. The number of likely N-dealkylation sites (N-methyl/N-ethyl adjacent to an activating group) is 1. The third kappa shape index (κ3) is 2.74. The monoisotopic (exact) mass is 229 g/mol. The van der Waals surface area contributed by atoms with Crippen LogP contribution in [0.4, 0.5) is 0 Å². The van der Waals surface area contributed by atoms with E-state index in [1.807, 2.05) is 26.1 Å². The fourth-order valence-electron chi connectivity index (χ4n) is 1.44. The molecule has 0 saturated heterocycles. The molecule has 1 N–H and O–H groups in total. The Balaban J connectivity index is 3.10. The molecule has 76 valence electrons. The maximum atomic E-state index is 5.91. The minimum absolute atomic E-state index is 0.103. The number of nitrogens with one attached hydrogen (secondary N) is 1. The van der Waals surface area contributed by atoms with Gasteiger partial charge in [-0.25, -0.2) is 0 Å². The third-order valence-electron chi connectivity index (χ3n) is 2.00. The minimum atomic E-state index is 0.103. The summed E-state index contributed by atoms with van der Waals surface area (Å²) in [6.45, 7) is 5.88. The Kier molecular flexibility index (Phi) is 3.99. The van der Waals surface area contributed by atoms with Gasteiger partial charge in [0.25, 0.3) is 0 Å². The highest BCUT2D eigenvalue weighted by molar-refractivity contribution is 6.34. The molecule has 0 spiro atoms. The van der Waals surface area contributed by atoms with Crippen molar-refractivity contribution in [1.82, 2.24) is 5.32 Å². The van der Waals surface area contributed by atoms with Crippen molar-refractivity contribution in [3.05, 3.63) is 46.0 Å². The van der Waals surface area contributed by atoms with Gasteiger partial charge in [-0.3, -0.25) is 0 Å². The number of hydrogen-bond donors (Lipinski definition) is 1. The molecule has 0 fully saturated rings. The fraction of sp³-hybridized carbons (Fsp3) is 0.273. The van der Waals surface area contributed by atoms with E-state index in [9.17, 15) is 0 Å². The summed E-state index contributed by atoms with van der Waals surface area (Å²) in [7, 11) is 1.88. The normalized spacial score (nSPS) is 12.6. The van der Waals surface area contributed by atoms with E-state index >= 15 is 0 Å². The van der Waals surface area contributed by atoms with Crippen LogP contribution in [-0.4, -0.2) is 7.05 Å². The molecular weight excluding hydrogens is 217 g/mol. The molecular formula is C11H13Cl2N. The highest BCUT2D eigenvalue weighted by atomic mass is 35.5. The van der Waals surface area contributed by atoms with Crippen molar-refractivity contribution in [3.63, 3.8) is 0 Å². The van der Waals surface area contributed by atoms with E-state index in [1.165, 1.54) is 0 Å². The van der Waals surface area contributed by atoms with E-state index in [0.29, 0.717) is 10.0 Å². The van der Waals surface area contributed by atoms with Crippen molar-refractivity contribution in [1.29, 1.82) is 0 Å². The summed E-state index contributed by atoms with van der Waals surface area (Å²) in [5.41, 5.74) is 2.07.